The van der Waals surface area contributed by atoms with Gasteiger partial charge in [0, 0.05) is 12.0 Å². The highest BCUT2D eigenvalue weighted by atomic mass is 16.3. The van der Waals surface area contributed by atoms with Gasteiger partial charge in [0.1, 0.15) is 0 Å². The standard InChI is InChI=1S/C9H17NO/c1-4-5-9(6-10,7-11)8(2)3/h4-5,11H,2,6-7,10H2,1,3H3. The molecule has 0 aromatic carbocycles. The molecule has 0 fully saturated rings. The van der Waals surface area contributed by atoms with Crippen molar-refractivity contribution in [2.75, 3.05) is 13.2 Å². The second-order valence-corrected chi connectivity index (χ2v) is 2.80. The van der Waals surface area contributed by atoms with E-state index in [1.807, 2.05) is 26.0 Å². The van der Waals surface area contributed by atoms with E-state index >= 15 is 0 Å². The normalized spacial score (nSPS) is 16.7. The van der Waals surface area contributed by atoms with Gasteiger partial charge >= 0.3 is 0 Å². The lowest BCUT2D eigenvalue weighted by atomic mass is 9.82. The lowest BCUT2D eigenvalue weighted by Crippen LogP contribution is -2.33. The molecule has 0 aromatic rings. The summed E-state index contributed by atoms with van der Waals surface area (Å²) in [6, 6.07) is 0. The SMILES string of the molecule is C=C(C)C(C=CC)(CN)CO. The Balaban J connectivity index is 4.60. The summed E-state index contributed by atoms with van der Waals surface area (Å²) in [7, 11) is 0. The minimum absolute atomic E-state index is 0.0309. The molecule has 11 heavy (non-hydrogen) atoms. The molecule has 0 aliphatic carbocycles. The van der Waals surface area contributed by atoms with Crippen LogP contribution in [0.3, 0.4) is 0 Å². The molecule has 1 unspecified atom stereocenters. The van der Waals surface area contributed by atoms with Crippen molar-refractivity contribution in [3.63, 3.8) is 0 Å². The van der Waals surface area contributed by atoms with E-state index in [4.69, 9.17) is 10.8 Å². The van der Waals surface area contributed by atoms with Gasteiger partial charge in [0.25, 0.3) is 0 Å². The fourth-order valence-corrected chi connectivity index (χ4v) is 0.956. The maximum Gasteiger partial charge on any atom is 0.0571 e. The summed E-state index contributed by atoms with van der Waals surface area (Å²) in [5, 5.41) is 9.09. The summed E-state index contributed by atoms with van der Waals surface area (Å²) in [4.78, 5) is 0. The van der Waals surface area contributed by atoms with Crippen LogP contribution in [0.1, 0.15) is 13.8 Å². The summed E-state index contributed by atoms with van der Waals surface area (Å²) in [6.07, 6.45) is 3.78. The van der Waals surface area contributed by atoms with Crippen LogP contribution in [0.5, 0.6) is 0 Å². The van der Waals surface area contributed by atoms with Crippen LogP contribution < -0.4 is 5.73 Å². The molecule has 1 atom stereocenters. The van der Waals surface area contributed by atoms with Gasteiger partial charge in [-0.2, -0.15) is 0 Å². The van der Waals surface area contributed by atoms with Gasteiger partial charge in [-0.1, -0.05) is 24.3 Å². The van der Waals surface area contributed by atoms with Crippen molar-refractivity contribution < 1.29 is 5.11 Å². The van der Waals surface area contributed by atoms with Gasteiger partial charge in [0.2, 0.25) is 0 Å². The molecule has 0 spiro atoms. The van der Waals surface area contributed by atoms with Crippen LogP contribution in [-0.4, -0.2) is 18.3 Å². The topological polar surface area (TPSA) is 46.2 Å². The maximum atomic E-state index is 9.09. The number of allylic oxidation sites excluding steroid dienone is 1. The van der Waals surface area contributed by atoms with Gasteiger partial charge in [-0.25, -0.2) is 0 Å². The van der Waals surface area contributed by atoms with Crippen LogP contribution in [0.2, 0.25) is 0 Å². The number of aliphatic hydroxyl groups excluding tert-OH is 1. The van der Waals surface area contributed by atoms with Crippen LogP contribution >= 0.6 is 0 Å². The molecule has 0 heterocycles. The van der Waals surface area contributed by atoms with Crippen molar-refractivity contribution in [3.05, 3.63) is 24.3 Å². The van der Waals surface area contributed by atoms with Crippen LogP contribution in [0, 0.1) is 5.41 Å². The minimum Gasteiger partial charge on any atom is -0.395 e. The van der Waals surface area contributed by atoms with Crippen molar-refractivity contribution in [1.82, 2.24) is 0 Å². The lowest BCUT2D eigenvalue weighted by Gasteiger charge is -2.27. The number of hydrogen-bond acceptors (Lipinski definition) is 2. The molecule has 0 amide bonds. The quantitative estimate of drug-likeness (QED) is 0.597. The Labute approximate surface area is 68.4 Å². The lowest BCUT2D eigenvalue weighted by molar-refractivity contribution is 0.203. The molecule has 0 aliphatic rings. The highest BCUT2D eigenvalue weighted by Crippen LogP contribution is 2.25. The number of hydrogen-bond donors (Lipinski definition) is 2. The van der Waals surface area contributed by atoms with Crippen LogP contribution in [0.4, 0.5) is 0 Å². The van der Waals surface area contributed by atoms with Crippen LogP contribution in [-0.2, 0) is 0 Å². The Bertz CT molecular complexity index is 157. The predicted molar refractivity (Wildman–Crippen MR) is 48.2 cm³/mol. The third-order valence-corrected chi connectivity index (χ3v) is 1.98. The first-order valence-corrected chi connectivity index (χ1v) is 3.73. The Hall–Kier alpha value is -0.600. The van der Waals surface area contributed by atoms with E-state index < -0.39 is 5.41 Å². The Kier molecular flexibility index (Phi) is 4.08. The third-order valence-electron chi connectivity index (χ3n) is 1.98. The van der Waals surface area contributed by atoms with Gasteiger partial charge in [-0.3, -0.25) is 0 Å². The fraction of sp³-hybridized carbons (Fsp3) is 0.556. The average Bonchev–Trinajstić information content (AvgIpc) is 2.00. The Morgan fingerprint density at radius 2 is 2.27 bits per heavy atom. The molecule has 0 saturated carbocycles. The number of nitrogens with two attached hydrogens (primary N) is 1. The van der Waals surface area contributed by atoms with Gasteiger partial charge < -0.3 is 10.8 Å². The number of rotatable bonds is 4. The van der Waals surface area contributed by atoms with Crippen LogP contribution in [0.25, 0.3) is 0 Å². The Morgan fingerprint density at radius 1 is 1.73 bits per heavy atom. The molecule has 0 rings (SSSR count). The van der Waals surface area contributed by atoms with Crippen molar-refractivity contribution in [1.29, 1.82) is 0 Å². The molecule has 0 aromatic heterocycles. The maximum absolute atomic E-state index is 9.09. The van der Waals surface area contributed by atoms with E-state index in [2.05, 4.69) is 6.58 Å². The summed E-state index contributed by atoms with van der Waals surface area (Å²) in [5.74, 6) is 0. The molecule has 0 aliphatic heterocycles. The van der Waals surface area contributed by atoms with E-state index in [0.717, 1.165) is 5.57 Å². The van der Waals surface area contributed by atoms with Gasteiger partial charge in [0.15, 0.2) is 0 Å². The summed E-state index contributed by atoms with van der Waals surface area (Å²) < 4.78 is 0. The summed E-state index contributed by atoms with van der Waals surface area (Å²) in [6.45, 7) is 8.02. The second kappa shape index (κ2) is 4.31. The van der Waals surface area contributed by atoms with Crippen molar-refractivity contribution >= 4 is 0 Å². The third kappa shape index (κ3) is 2.17. The van der Waals surface area contributed by atoms with Crippen molar-refractivity contribution in [3.8, 4) is 0 Å². The highest BCUT2D eigenvalue weighted by Gasteiger charge is 2.24. The molecular weight excluding hydrogens is 138 g/mol. The van der Waals surface area contributed by atoms with Gasteiger partial charge in [0.05, 0.1) is 6.61 Å². The molecule has 2 heteroatoms. The van der Waals surface area contributed by atoms with Gasteiger partial charge in [-0.15, -0.1) is 0 Å². The monoisotopic (exact) mass is 155 g/mol. The first-order valence-electron chi connectivity index (χ1n) is 3.73. The van der Waals surface area contributed by atoms with Crippen molar-refractivity contribution in [2.24, 2.45) is 11.1 Å². The second-order valence-electron chi connectivity index (χ2n) is 2.80. The average molecular weight is 155 g/mol. The fourth-order valence-electron chi connectivity index (χ4n) is 0.956. The van der Waals surface area contributed by atoms with E-state index in [0.29, 0.717) is 6.54 Å². The van der Waals surface area contributed by atoms with Crippen molar-refractivity contribution in [2.45, 2.75) is 13.8 Å². The predicted octanol–water partition coefficient (Wildman–Crippen LogP) is 1.08. The zero-order chi connectivity index (χ0) is 8.91. The molecule has 2 nitrogen and oxygen atoms in total. The van der Waals surface area contributed by atoms with Crippen LogP contribution in [0.15, 0.2) is 24.3 Å². The van der Waals surface area contributed by atoms with E-state index in [1.54, 1.807) is 0 Å². The molecule has 0 bridgehead atoms. The minimum atomic E-state index is -0.408. The highest BCUT2D eigenvalue weighted by molar-refractivity contribution is 5.18. The first-order chi connectivity index (χ1) is 5.13. The molecule has 0 radical (unpaired) electrons. The summed E-state index contributed by atoms with van der Waals surface area (Å²) in [5.41, 5.74) is 6.03. The zero-order valence-corrected chi connectivity index (χ0v) is 7.30. The summed E-state index contributed by atoms with van der Waals surface area (Å²) >= 11 is 0. The van der Waals surface area contributed by atoms with Gasteiger partial charge in [-0.05, 0) is 13.8 Å². The van der Waals surface area contributed by atoms with E-state index in [1.165, 1.54) is 0 Å². The molecule has 3 N–H and O–H groups in total. The smallest absolute Gasteiger partial charge is 0.0571 e. The number of aliphatic hydroxyl groups is 1. The zero-order valence-electron chi connectivity index (χ0n) is 7.30. The molecule has 0 saturated heterocycles. The Morgan fingerprint density at radius 3 is 2.36 bits per heavy atom. The molecule has 64 valence electrons. The van der Waals surface area contributed by atoms with E-state index in [9.17, 15) is 0 Å². The van der Waals surface area contributed by atoms with E-state index in [-0.39, 0.29) is 6.61 Å². The molecular formula is C9H17NO. The first kappa shape index (κ1) is 10.4. The largest absolute Gasteiger partial charge is 0.395 e.